The lowest BCUT2D eigenvalue weighted by Crippen LogP contribution is -1.99. The van der Waals surface area contributed by atoms with Crippen molar-refractivity contribution in [1.29, 1.82) is 0 Å². The topological polar surface area (TPSA) is 56.7 Å². The van der Waals surface area contributed by atoms with Crippen LogP contribution in [0.2, 0.25) is 0 Å². The Hall–Kier alpha value is -1.65. The van der Waals surface area contributed by atoms with Crippen molar-refractivity contribution in [2.45, 2.75) is 32.1 Å². The smallest absolute Gasteiger partial charge is 0.229 e. The van der Waals surface area contributed by atoms with Gasteiger partial charge < -0.3 is 9.09 Å². The quantitative estimate of drug-likeness (QED) is 0.808. The summed E-state index contributed by atoms with van der Waals surface area (Å²) >= 11 is 0. The summed E-state index contributed by atoms with van der Waals surface area (Å²) < 4.78 is 7.30. The van der Waals surface area contributed by atoms with Crippen LogP contribution in [-0.2, 0) is 13.5 Å². The Labute approximate surface area is 99.9 Å². The molecule has 0 aliphatic heterocycles. The van der Waals surface area contributed by atoms with Crippen molar-refractivity contribution < 1.29 is 4.52 Å². The molecule has 1 atom stereocenters. The van der Waals surface area contributed by atoms with Gasteiger partial charge in [-0.2, -0.15) is 4.98 Å². The second-order valence-corrected chi connectivity index (χ2v) is 4.85. The van der Waals surface area contributed by atoms with Gasteiger partial charge in [0, 0.05) is 24.9 Å². The molecule has 1 aliphatic carbocycles. The molecule has 0 spiro atoms. The molecule has 0 aromatic carbocycles. The Morgan fingerprint density at radius 2 is 2.35 bits per heavy atom. The minimum atomic E-state index is 0.405. The lowest BCUT2D eigenvalue weighted by Gasteiger charge is -2.01. The first-order chi connectivity index (χ1) is 8.24. The first kappa shape index (κ1) is 10.5. The van der Waals surface area contributed by atoms with Crippen molar-refractivity contribution in [1.82, 2.24) is 19.7 Å². The molecular formula is C12H16N4O. The van der Waals surface area contributed by atoms with Crippen LogP contribution >= 0.6 is 0 Å². The Morgan fingerprint density at radius 3 is 3.00 bits per heavy atom. The Balaban J connectivity index is 1.74. The zero-order chi connectivity index (χ0) is 11.8. The van der Waals surface area contributed by atoms with Gasteiger partial charge in [0.05, 0.1) is 12.7 Å². The maximum Gasteiger partial charge on any atom is 0.229 e. The number of aromatic nitrogens is 4. The highest BCUT2D eigenvalue weighted by Crippen LogP contribution is 2.41. The van der Waals surface area contributed by atoms with E-state index < -0.39 is 0 Å². The average Bonchev–Trinajstić information content (AvgIpc) is 2.95. The molecule has 1 aliphatic rings. The molecule has 0 saturated heterocycles. The molecule has 2 aromatic rings. The number of imidazole rings is 1. The predicted molar refractivity (Wildman–Crippen MR) is 61.5 cm³/mol. The van der Waals surface area contributed by atoms with E-state index in [0.29, 0.717) is 12.3 Å². The molecule has 1 unspecified atom stereocenters. The minimum Gasteiger partial charge on any atom is -0.339 e. The highest BCUT2D eigenvalue weighted by molar-refractivity contribution is 5.07. The van der Waals surface area contributed by atoms with Crippen molar-refractivity contribution >= 4 is 0 Å². The summed E-state index contributed by atoms with van der Waals surface area (Å²) in [5.41, 5.74) is 1.09. The molecule has 3 rings (SSSR count). The summed E-state index contributed by atoms with van der Waals surface area (Å²) in [4.78, 5) is 8.54. The summed E-state index contributed by atoms with van der Waals surface area (Å²) in [5, 5.41) is 4.04. The molecule has 0 radical (unpaired) electrons. The van der Waals surface area contributed by atoms with Crippen molar-refractivity contribution in [3.63, 3.8) is 0 Å². The second kappa shape index (κ2) is 3.98. The van der Waals surface area contributed by atoms with E-state index in [4.69, 9.17) is 4.52 Å². The maximum absolute atomic E-state index is 5.33. The highest BCUT2D eigenvalue weighted by Gasteiger charge is 2.32. The van der Waals surface area contributed by atoms with Crippen molar-refractivity contribution in [2.24, 2.45) is 13.0 Å². The van der Waals surface area contributed by atoms with Gasteiger partial charge in [0.2, 0.25) is 5.89 Å². The Bertz CT molecular complexity index is 512. The van der Waals surface area contributed by atoms with Crippen LogP contribution < -0.4 is 0 Å². The fourth-order valence-corrected chi connectivity index (χ4v) is 2.04. The monoisotopic (exact) mass is 232 g/mol. The minimum absolute atomic E-state index is 0.405. The lowest BCUT2D eigenvalue weighted by molar-refractivity contribution is 0.345. The largest absolute Gasteiger partial charge is 0.339 e. The summed E-state index contributed by atoms with van der Waals surface area (Å²) in [5.74, 6) is 2.68. The van der Waals surface area contributed by atoms with Crippen LogP contribution in [0.4, 0.5) is 0 Å². The molecule has 0 bridgehead atoms. The first-order valence-corrected chi connectivity index (χ1v) is 6.01. The van der Waals surface area contributed by atoms with Crippen LogP contribution in [0.3, 0.4) is 0 Å². The maximum atomic E-state index is 5.33. The first-order valence-electron chi connectivity index (χ1n) is 6.01. The van der Waals surface area contributed by atoms with E-state index >= 15 is 0 Å². The van der Waals surface area contributed by atoms with Gasteiger partial charge in [0.25, 0.3) is 0 Å². The molecule has 2 aromatic heterocycles. The fraction of sp³-hybridized carbons (Fsp3) is 0.583. The number of hydrogen-bond donors (Lipinski definition) is 0. The molecule has 5 heteroatoms. The molecule has 90 valence electrons. The van der Waals surface area contributed by atoms with Crippen LogP contribution in [0.15, 0.2) is 17.0 Å². The summed E-state index contributed by atoms with van der Waals surface area (Å²) in [7, 11) is 1.97. The van der Waals surface area contributed by atoms with E-state index in [2.05, 4.69) is 22.0 Å². The average molecular weight is 232 g/mol. The van der Waals surface area contributed by atoms with Crippen LogP contribution in [0, 0.1) is 5.92 Å². The highest BCUT2D eigenvalue weighted by atomic mass is 16.5. The third kappa shape index (κ3) is 2.09. The fourth-order valence-electron chi connectivity index (χ4n) is 2.04. The van der Waals surface area contributed by atoms with E-state index in [1.54, 1.807) is 6.33 Å². The summed E-state index contributed by atoms with van der Waals surface area (Å²) in [6.07, 6.45) is 6.88. The molecule has 1 saturated carbocycles. The molecule has 17 heavy (non-hydrogen) atoms. The van der Waals surface area contributed by atoms with E-state index in [1.807, 2.05) is 17.8 Å². The molecule has 5 nitrogen and oxygen atoms in total. The summed E-state index contributed by atoms with van der Waals surface area (Å²) in [6, 6.07) is 0. The van der Waals surface area contributed by atoms with Crippen molar-refractivity contribution in [2.75, 3.05) is 0 Å². The van der Waals surface area contributed by atoms with Crippen LogP contribution in [0.5, 0.6) is 0 Å². The molecule has 2 heterocycles. The molecular weight excluding hydrogens is 216 g/mol. The number of rotatable bonds is 4. The Morgan fingerprint density at radius 1 is 1.53 bits per heavy atom. The SMILES string of the molecule is CC(c1nc(Cc2cncn2C)no1)C1CC1. The van der Waals surface area contributed by atoms with E-state index in [0.717, 1.165) is 23.3 Å². The van der Waals surface area contributed by atoms with Gasteiger partial charge in [0.15, 0.2) is 5.82 Å². The zero-order valence-corrected chi connectivity index (χ0v) is 10.1. The van der Waals surface area contributed by atoms with Gasteiger partial charge in [0.1, 0.15) is 0 Å². The van der Waals surface area contributed by atoms with Gasteiger partial charge in [-0.05, 0) is 18.8 Å². The van der Waals surface area contributed by atoms with Gasteiger partial charge in [-0.15, -0.1) is 0 Å². The summed E-state index contributed by atoms with van der Waals surface area (Å²) in [6.45, 7) is 2.17. The number of nitrogens with zero attached hydrogens (tertiary/aromatic N) is 4. The third-order valence-corrected chi connectivity index (χ3v) is 3.46. The van der Waals surface area contributed by atoms with Gasteiger partial charge in [-0.25, -0.2) is 4.98 Å². The number of hydrogen-bond acceptors (Lipinski definition) is 4. The second-order valence-electron chi connectivity index (χ2n) is 4.85. The van der Waals surface area contributed by atoms with Crippen molar-refractivity contribution in [3.05, 3.63) is 29.9 Å². The normalized spacial score (nSPS) is 17.3. The standard InChI is InChI=1S/C12H16N4O/c1-8(9-3-4-9)12-14-11(15-17-12)5-10-6-13-7-16(10)2/h6-9H,3-5H2,1-2H3. The van der Waals surface area contributed by atoms with E-state index in [-0.39, 0.29) is 0 Å². The molecule has 0 amide bonds. The van der Waals surface area contributed by atoms with E-state index in [1.165, 1.54) is 12.8 Å². The molecule has 1 fully saturated rings. The van der Waals surface area contributed by atoms with Gasteiger partial charge >= 0.3 is 0 Å². The molecule has 0 N–H and O–H groups in total. The Kier molecular flexibility index (Phi) is 2.46. The zero-order valence-electron chi connectivity index (χ0n) is 10.1. The lowest BCUT2D eigenvalue weighted by atomic mass is 10.1. The van der Waals surface area contributed by atoms with Gasteiger partial charge in [-0.3, -0.25) is 0 Å². The van der Waals surface area contributed by atoms with Crippen molar-refractivity contribution in [3.8, 4) is 0 Å². The van der Waals surface area contributed by atoms with E-state index in [9.17, 15) is 0 Å². The predicted octanol–water partition coefficient (Wildman–Crippen LogP) is 1.91. The third-order valence-electron chi connectivity index (χ3n) is 3.46. The van der Waals surface area contributed by atoms with Crippen LogP contribution in [0.1, 0.15) is 43.1 Å². The van der Waals surface area contributed by atoms with Crippen LogP contribution in [-0.4, -0.2) is 19.7 Å². The number of aryl methyl sites for hydroxylation is 1. The van der Waals surface area contributed by atoms with Gasteiger partial charge in [-0.1, -0.05) is 12.1 Å². The van der Waals surface area contributed by atoms with Crippen LogP contribution in [0.25, 0.3) is 0 Å².